The summed E-state index contributed by atoms with van der Waals surface area (Å²) < 4.78 is 1.63. The highest BCUT2D eigenvalue weighted by molar-refractivity contribution is 8.01. The number of benzene rings is 1. The molecule has 0 fully saturated rings. The third-order valence-electron chi connectivity index (χ3n) is 2.56. The Hall–Kier alpha value is -1.60. The van der Waals surface area contributed by atoms with E-state index >= 15 is 0 Å². The summed E-state index contributed by atoms with van der Waals surface area (Å²) in [6, 6.07) is 7.54. The summed E-state index contributed by atoms with van der Waals surface area (Å²) >= 11 is 5.76. The van der Waals surface area contributed by atoms with Crippen LogP contribution < -0.4 is 4.31 Å². The Balaban J connectivity index is 2.24. The predicted octanol–water partition coefficient (Wildman–Crippen LogP) is 2.26. The Morgan fingerprint density at radius 2 is 2.05 bits per heavy atom. The first-order valence-electron chi connectivity index (χ1n) is 5.38. The zero-order chi connectivity index (χ0) is 14.0. The van der Waals surface area contributed by atoms with Crippen molar-refractivity contribution in [2.75, 3.05) is 4.31 Å². The number of nitrogens with zero attached hydrogens (tertiary/aromatic N) is 1. The molecule has 0 bridgehead atoms. The fourth-order valence-electron chi connectivity index (χ4n) is 1.71. The summed E-state index contributed by atoms with van der Waals surface area (Å²) in [5.41, 5.74) is 0.744. The molecular weight excluding hydrogens is 286 g/mol. The number of carbonyl (C=O) groups is 2. The quantitative estimate of drug-likeness (QED) is 0.584. The molecule has 0 aromatic heterocycles. The van der Waals surface area contributed by atoms with E-state index in [1.54, 1.807) is 4.31 Å². The highest BCUT2D eigenvalue weighted by atomic mass is 32.2. The maximum absolute atomic E-state index is 11.0. The zero-order valence-corrected chi connectivity index (χ0v) is 11.4. The molecule has 0 radical (unpaired) electrons. The van der Waals surface area contributed by atoms with Crippen molar-refractivity contribution in [2.45, 2.75) is 16.7 Å². The van der Waals surface area contributed by atoms with Gasteiger partial charge in [-0.25, -0.2) is 4.79 Å². The van der Waals surface area contributed by atoms with Gasteiger partial charge in [-0.15, -0.1) is 0 Å². The first-order chi connectivity index (χ1) is 8.99. The number of fused-ring (bicyclic) bond motifs is 1. The maximum atomic E-state index is 11.0. The smallest absolute Gasteiger partial charge is 0.331 e. The van der Waals surface area contributed by atoms with Crippen molar-refractivity contribution in [1.82, 2.24) is 0 Å². The van der Waals surface area contributed by atoms with E-state index in [0.717, 1.165) is 10.6 Å². The molecule has 0 saturated heterocycles. The summed E-state index contributed by atoms with van der Waals surface area (Å²) in [4.78, 5) is 22.6. The van der Waals surface area contributed by atoms with Gasteiger partial charge in [0.1, 0.15) is 5.37 Å². The SMILES string of the molecule is O=C(O)CC(=C[C@@H]1Sc2ccccc2N1S)C(=O)O. The highest BCUT2D eigenvalue weighted by Crippen LogP contribution is 2.44. The molecule has 5 nitrogen and oxygen atoms in total. The van der Waals surface area contributed by atoms with Gasteiger partial charge in [0.05, 0.1) is 12.1 Å². The Labute approximate surface area is 119 Å². The van der Waals surface area contributed by atoms with Gasteiger partial charge in [0.15, 0.2) is 0 Å². The van der Waals surface area contributed by atoms with Gasteiger partial charge >= 0.3 is 11.9 Å². The van der Waals surface area contributed by atoms with Crippen molar-refractivity contribution >= 4 is 42.2 Å². The van der Waals surface area contributed by atoms with E-state index in [0.29, 0.717) is 0 Å². The number of hydrogen-bond acceptors (Lipinski definition) is 5. The molecule has 0 saturated carbocycles. The molecule has 100 valence electrons. The van der Waals surface area contributed by atoms with Crippen LogP contribution in [0.2, 0.25) is 0 Å². The first-order valence-corrected chi connectivity index (χ1v) is 6.66. The molecular formula is C12H11NO4S2. The summed E-state index contributed by atoms with van der Waals surface area (Å²) in [5.74, 6) is -2.39. The Kier molecular flexibility index (Phi) is 4.06. The number of anilines is 1. The van der Waals surface area contributed by atoms with E-state index in [2.05, 4.69) is 12.8 Å². The van der Waals surface area contributed by atoms with Crippen LogP contribution >= 0.6 is 24.6 Å². The molecule has 19 heavy (non-hydrogen) atoms. The molecule has 1 aromatic rings. The molecule has 2 N–H and O–H groups in total. The average Bonchev–Trinajstić information content (AvgIpc) is 2.65. The molecule has 0 spiro atoms. The van der Waals surface area contributed by atoms with Gasteiger partial charge in [-0.2, -0.15) is 0 Å². The van der Waals surface area contributed by atoms with Crippen molar-refractivity contribution in [1.29, 1.82) is 0 Å². The lowest BCUT2D eigenvalue weighted by Crippen LogP contribution is -2.19. The molecule has 7 heteroatoms. The fraction of sp³-hybridized carbons (Fsp3) is 0.167. The number of para-hydroxylation sites is 1. The van der Waals surface area contributed by atoms with Crippen LogP contribution in [0.15, 0.2) is 40.8 Å². The van der Waals surface area contributed by atoms with E-state index in [-0.39, 0.29) is 10.9 Å². The number of thioether (sulfide) groups is 1. The van der Waals surface area contributed by atoms with Crippen molar-refractivity contribution in [3.05, 3.63) is 35.9 Å². The number of rotatable bonds is 4. The summed E-state index contributed by atoms with van der Waals surface area (Å²) in [7, 11) is 0. The Bertz CT molecular complexity index is 558. The fourth-order valence-corrected chi connectivity index (χ4v) is 3.31. The minimum atomic E-state index is -1.22. The topological polar surface area (TPSA) is 77.8 Å². The van der Waals surface area contributed by atoms with Crippen LogP contribution in [0.5, 0.6) is 0 Å². The highest BCUT2D eigenvalue weighted by Gasteiger charge is 2.27. The lowest BCUT2D eigenvalue weighted by molar-refractivity contribution is -0.139. The van der Waals surface area contributed by atoms with Crippen molar-refractivity contribution in [3.63, 3.8) is 0 Å². The number of hydrogen-bond donors (Lipinski definition) is 3. The van der Waals surface area contributed by atoms with Gasteiger partial charge in [0, 0.05) is 10.5 Å². The third-order valence-corrected chi connectivity index (χ3v) is 4.37. The van der Waals surface area contributed by atoms with E-state index in [1.165, 1.54) is 17.8 Å². The Morgan fingerprint density at radius 1 is 1.37 bits per heavy atom. The normalized spacial score (nSPS) is 18.3. The Morgan fingerprint density at radius 3 is 2.63 bits per heavy atom. The van der Waals surface area contributed by atoms with E-state index in [4.69, 9.17) is 10.2 Å². The minimum absolute atomic E-state index is 0.142. The van der Waals surface area contributed by atoms with Crippen LogP contribution in [0.4, 0.5) is 5.69 Å². The monoisotopic (exact) mass is 297 g/mol. The van der Waals surface area contributed by atoms with Crippen molar-refractivity contribution in [3.8, 4) is 0 Å². The largest absolute Gasteiger partial charge is 0.481 e. The van der Waals surface area contributed by atoms with Crippen molar-refractivity contribution < 1.29 is 19.8 Å². The second-order valence-corrected chi connectivity index (χ2v) is 5.48. The summed E-state index contributed by atoms with van der Waals surface area (Å²) in [6.45, 7) is 0. The van der Waals surface area contributed by atoms with Crippen LogP contribution in [0.3, 0.4) is 0 Å². The van der Waals surface area contributed by atoms with Gasteiger partial charge in [0.25, 0.3) is 0 Å². The number of carboxylic acid groups (broad SMARTS) is 2. The lowest BCUT2D eigenvalue weighted by Gasteiger charge is -2.17. The first kappa shape index (κ1) is 13.8. The molecule has 1 aromatic carbocycles. The van der Waals surface area contributed by atoms with Gasteiger partial charge in [-0.05, 0) is 18.2 Å². The molecule has 1 aliphatic heterocycles. The van der Waals surface area contributed by atoms with Crippen LogP contribution in [0, 0.1) is 0 Å². The van der Waals surface area contributed by atoms with Gasteiger partial charge in [-0.1, -0.05) is 36.7 Å². The second kappa shape index (κ2) is 5.58. The van der Waals surface area contributed by atoms with Gasteiger partial charge in [0.2, 0.25) is 0 Å². The van der Waals surface area contributed by atoms with Crippen molar-refractivity contribution in [2.24, 2.45) is 0 Å². The van der Waals surface area contributed by atoms with Crippen LogP contribution in [0.25, 0.3) is 0 Å². The molecule has 1 aliphatic rings. The number of carboxylic acids is 2. The van der Waals surface area contributed by atoms with E-state index in [9.17, 15) is 9.59 Å². The molecule has 0 unspecified atom stereocenters. The number of thiol groups is 1. The average molecular weight is 297 g/mol. The molecule has 2 rings (SSSR count). The van der Waals surface area contributed by atoms with Gasteiger partial charge in [-0.3, -0.25) is 4.79 Å². The summed E-state index contributed by atoms with van der Waals surface area (Å²) in [5, 5.41) is 17.4. The maximum Gasteiger partial charge on any atom is 0.331 e. The minimum Gasteiger partial charge on any atom is -0.481 e. The lowest BCUT2D eigenvalue weighted by atomic mass is 10.2. The molecule has 1 atom stereocenters. The third kappa shape index (κ3) is 3.05. The summed E-state index contributed by atoms with van der Waals surface area (Å²) in [6.07, 6.45) is 0.915. The van der Waals surface area contributed by atoms with Crippen LogP contribution in [0.1, 0.15) is 6.42 Å². The van der Waals surface area contributed by atoms with Crippen LogP contribution in [-0.4, -0.2) is 27.5 Å². The van der Waals surface area contributed by atoms with E-state index < -0.39 is 18.4 Å². The van der Waals surface area contributed by atoms with E-state index in [1.807, 2.05) is 24.3 Å². The standard InChI is InChI=1S/C12H11NO4S2/c14-11(15)6-7(12(16)17)5-10-13(18)8-3-1-2-4-9(8)19-10/h1-5,10,18H,6H2,(H,14,15)(H,16,17)/t10-/m0/s1. The van der Waals surface area contributed by atoms with Crippen LogP contribution in [-0.2, 0) is 9.59 Å². The van der Waals surface area contributed by atoms with Gasteiger partial charge < -0.3 is 14.5 Å². The number of aliphatic carboxylic acids is 2. The molecule has 1 heterocycles. The molecule has 0 amide bonds. The zero-order valence-electron chi connectivity index (χ0n) is 9.68. The molecule has 0 aliphatic carbocycles. The predicted molar refractivity (Wildman–Crippen MR) is 75.5 cm³/mol. The second-order valence-electron chi connectivity index (χ2n) is 3.89.